The number of morpholine rings is 1. The van der Waals surface area contributed by atoms with E-state index in [1.54, 1.807) is 6.92 Å². The third kappa shape index (κ3) is 5.13. The minimum absolute atomic E-state index is 0.154. The molecule has 2 aromatic rings. The molecule has 174 valence electrons. The van der Waals surface area contributed by atoms with Gasteiger partial charge in [0.05, 0.1) is 31.5 Å². The summed E-state index contributed by atoms with van der Waals surface area (Å²) < 4.78 is 35.7. The molecule has 0 saturated carbocycles. The lowest BCUT2D eigenvalue weighted by Crippen LogP contribution is -2.54. The number of nitrogens with zero attached hydrogens (tertiary/aromatic N) is 1. The van der Waals surface area contributed by atoms with Gasteiger partial charge in [-0.2, -0.15) is 0 Å². The van der Waals surface area contributed by atoms with Crippen molar-refractivity contribution < 1.29 is 27.5 Å². The van der Waals surface area contributed by atoms with E-state index in [4.69, 9.17) is 9.47 Å². The van der Waals surface area contributed by atoms with Crippen LogP contribution in [-0.4, -0.2) is 68.6 Å². The second-order valence-electron chi connectivity index (χ2n) is 8.49. The predicted molar refractivity (Wildman–Crippen MR) is 123 cm³/mol. The van der Waals surface area contributed by atoms with E-state index in [9.17, 15) is 18.0 Å². The zero-order valence-electron chi connectivity index (χ0n) is 18.9. The fraction of sp³-hybridized carbons (Fsp3) is 0.500. The number of hydrogen-bond donors (Lipinski definition) is 0. The van der Waals surface area contributed by atoms with Crippen LogP contribution in [0.5, 0.6) is 0 Å². The number of amides is 1. The van der Waals surface area contributed by atoms with Gasteiger partial charge in [-0.05, 0) is 43.5 Å². The second-order valence-corrected chi connectivity index (χ2v) is 11.1. The van der Waals surface area contributed by atoms with E-state index in [0.717, 1.165) is 16.3 Å². The number of hydrogen-bond acceptors (Lipinski definition) is 6. The van der Waals surface area contributed by atoms with Crippen molar-refractivity contribution in [3.63, 3.8) is 0 Å². The van der Waals surface area contributed by atoms with Crippen molar-refractivity contribution in [2.24, 2.45) is 5.92 Å². The molecule has 8 heteroatoms. The van der Waals surface area contributed by atoms with Gasteiger partial charge in [-0.3, -0.25) is 9.59 Å². The van der Waals surface area contributed by atoms with E-state index < -0.39 is 38.1 Å². The standard InChI is InChI=1S/C24H31NO6S/c1-4-31-22(26)20(16-19-10-7-9-18-8-5-6-11-21(18)19)17-32(28,29)24(2,3)23(27)25-12-14-30-15-13-25/h5-11,20H,4,12-17H2,1-3H3. The molecule has 1 unspecified atom stereocenters. The van der Waals surface area contributed by atoms with Crippen LogP contribution in [0, 0.1) is 5.92 Å². The van der Waals surface area contributed by atoms with Crippen molar-refractivity contribution in [3.05, 3.63) is 48.0 Å². The van der Waals surface area contributed by atoms with Crippen molar-refractivity contribution >= 4 is 32.5 Å². The Balaban J connectivity index is 1.88. The number of rotatable bonds is 8. The Bertz CT molecular complexity index is 1070. The Morgan fingerprint density at radius 3 is 2.44 bits per heavy atom. The topological polar surface area (TPSA) is 90.0 Å². The van der Waals surface area contributed by atoms with Crippen molar-refractivity contribution in [1.29, 1.82) is 0 Å². The zero-order valence-corrected chi connectivity index (χ0v) is 19.7. The Morgan fingerprint density at radius 1 is 1.09 bits per heavy atom. The van der Waals surface area contributed by atoms with E-state index in [1.807, 2.05) is 42.5 Å². The first kappa shape index (κ1) is 24.2. The maximum absolute atomic E-state index is 13.4. The number of ether oxygens (including phenoxy) is 2. The zero-order chi connectivity index (χ0) is 23.4. The maximum atomic E-state index is 13.4. The summed E-state index contributed by atoms with van der Waals surface area (Å²) in [5.41, 5.74) is 0.869. The second kappa shape index (κ2) is 10.0. The van der Waals surface area contributed by atoms with Crippen LogP contribution in [0.3, 0.4) is 0 Å². The van der Waals surface area contributed by atoms with Gasteiger partial charge in [-0.1, -0.05) is 42.5 Å². The molecule has 1 heterocycles. The van der Waals surface area contributed by atoms with E-state index in [-0.39, 0.29) is 13.0 Å². The molecule has 7 nitrogen and oxygen atoms in total. The lowest BCUT2D eigenvalue weighted by atomic mass is 9.96. The molecule has 1 aliphatic heterocycles. The quantitative estimate of drug-likeness (QED) is 0.562. The number of benzene rings is 2. The number of sulfone groups is 1. The van der Waals surface area contributed by atoms with Crippen LogP contribution >= 0.6 is 0 Å². The number of carbonyl (C=O) groups excluding carboxylic acids is 2. The fourth-order valence-corrected chi connectivity index (χ4v) is 5.56. The molecule has 1 atom stereocenters. The van der Waals surface area contributed by atoms with Crippen molar-refractivity contribution in [2.45, 2.75) is 31.9 Å². The van der Waals surface area contributed by atoms with Gasteiger partial charge in [0.25, 0.3) is 0 Å². The highest BCUT2D eigenvalue weighted by molar-refractivity contribution is 7.93. The summed E-state index contributed by atoms with van der Waals surface area (Å²) in [6.07, 6.45) is 0.210. The largest absolute Gasteiger partial charge is 0.466 e. The normalized spacial score (nSPS) is 16.0. The smallest absolute Gasteiger partial charge is 0.310 e. The average molecular weight is 462 g/mol. The van der Waals surface area contributed by atoms with Crippen molar-refractivity contribution in [2.75, 3.05) is 38.7 Å². The van der Waals surface area contributed by atoms with Gasteiger partial charge in [0.15, 0.2) is 9.84 Å². The highest BCUT2D eigenvalue weighted by atomic mass is 32.2. The third-order valence-electron chi connectivity index (χ3n) is 5.98. The van der Waals surface area contributed by atoms with Crippen molar-refractivity contribution in [1.82, 2.24) is 4.90 Å². The summed E-state index contributed by atoms with van der Waals surface area (Å²) >= 11 is 0. The van der Waals surface area contributed by atoms with E-state index >= 15 is 0 Å². The monoisotopic (exact) mass is 461 g/mol. The SMILES string of the molecule is CCOC(=O)C(Cc1cccc2ccccc12)CS(=O)(=O)C(C)(C)C(=O)N1CCOCC1. The van der Waals surface area contributed by atoms with Gasteiger partial charge < -0.3 is 14.4 Å². The van der Waals surface area contributed by atoms with Crippen LogP contribution in [0.1, 0.15) is 26.3 Å². The van der Waals surface area contributed by atoms with Gasteiger partial charge >= 0.3 is 5.97 Å². The van der Waals surface area contributed by atoms with E-state index in [0.29, 0.717) is 26.3 Å². The summed E-state index contributed by atoms with van der Waals surface area (Å²) in [6, 6.07) is 13.5. The summed E-state index contributed by atoms with van der Waals surface area (Å²) in [5.74, 6) is -2.41. The van der Waals surface area contributed by atoms with Crippen LogP contribution in [0.2, 0.25) is 0 Å². The molecule has 1 aliphatic rings. The van der Waals surface area contributed by atoms with Crippen LogP contribution in [-0.2, 0) is 35.3 Å². The van der Waals surface area contributed by atoms with Crippen LogP contribution in [0.25, 0.3) is 10.8 Å². The first-order valence-electron chi connectivity index (χ1n) is 10.9. The molecule has 1 amide bonds. The summed E-state index contributed by atoms with van der Waals surface area (Å²) in [5, 5.41) is 1.98. The molecule has 32 heavy (non-hydrogen) atoms. The Hall–Kier alpha value is -2.45. The average Bonchev–Trinajstić information content (AvgIpc) is 2.78. The molecule has 3 rings (SSSR count). The number of fused-ring (bicyclic) bond motifs is 1. The molecule has 0 aliphatic carbocycles. The van der Waals surface area contributed by atoms with Crippen LogP contribution in [0.4, 0.5) is 0 Å². The van der Waals surface area contributed by atoms with Crippen LogP contribution < -0.4 is 0 Å². The molecular formula is C24H31NO6S. The predicted octanol–water partition coefficient (Wildman–Crippen LogP) is 2.61. The minimum atomic E-state index is -3.98. The first-order valence-corrected chi connectivity index (χ1v) is 12.6. The Morgan fingerprint density at radius 2 is 1.75 bits per heavy atom. The highest BCUT2D eigenvalue weighted by Crippen LogP contribution is 2.27. The third-order valence-corrected chi connectivity index (χ3v) is 8.55. The minimum Gasteiger partial charge on any atom is -0.466 e. The van der Waals surface area contributed by atoms with Gasteiger partial charge in [-0.25, -0.2) is 8.42 Å². The lowest BCUT2D eigenvalue weighted by Gasteiger charge is -2.34. The first-order chi connectivity index (χ1) is 15.2. The fourth-order valence-electron chi connectivity index (χ4n) is 3.96. The van der Waals surface area contributed by atoms with Crippen LogP contribution in [0.15, 0.2) is 42.5 Å². The number of esters is 1. The maximum Gasteiger partial charge on any atom is 0.310 e. The molecule has 0 radical (unpaired) electrons. The molecule has 0 bridgehead atoms. The molecule has 1 fully saturated rings. The molecular weight excluding hydrogens is 430 g/mol. The number of carbonyl (C=O) groups is 2. The van der Waals surface area contributed by atoms with Gasteiger partial charge in [-0.15, -0.1) is 0 Å². The Labute approximate surface area is 189 Å². The molecule has 0 N–H and O–H groups in total. The molecule has 0 spiro atoms. The molecule has 2 aromatic carbocycles. The van der Waals surface area contributed by atoms with Gasteiger partial charge in [0.1, 0.15) is 4.75 Å². The van der Waals surface area contributed by atoms with Gasteiger partial charge in [0, 0.05) is 13.1 Å². The van der Waals surface area contributed by atoms with Gasteiger partial charge in [0.2, 0.25) is 5.91 Å². The summed E-state index contributed by atoms with van der Waals surface area (Å²) in [7, 11) is -3.98. The van der Waals surface area contributed by atoms with E-state index in [1.165, 1.54) is 18.7 Å². The summed E-state index contributed by atoms with van der Waals surface area (Å²) in [6.45, 7) is 6.15. The summed E-state index contributed by atoms with van der Waals surface area (Å²) in [4.78, 5) is 27.3. The van der Waals surface area contributed by atoms with Crippen molar-refractivity contribution in [3.8, 4) is 0 Å². The highest BCUT2D eigenvalue weighted by Gasteiger charge is 2.46. The Kier molecular flexibility index (Phi) is 7.56. The molecule has 1 saturated heterocycles. The lowest BCUT2D eigenvalue weighted by molar-refractivity contribution is -0.147. The molecule has 0 aromatic heterocycles. The van der Waals surface area contributed by atoms with E-state index in [2.05, 4.69) is 0 Å².